The van der Waals surface area contributed by atoms with E-state index in [2.05, 4.69) is 10.6 Å². The van der Waals surface area contributed by atoms with Gasteiger partial charge in [-0.25, -0.2) is 4.39 Å². The van der Waals surface area contributed by atoms with E-state index in [0.29, 0.717) is 13.0 Å². The number of benzene rings is 1. The molecule has 110 valence electrons. The highest BCUT2D eigenvalue weighted by Gasteiger charge is 2.20. The fourth-order valence-electron chi connectivity index (χ4n) is 2.42. The number of nitrogens with one attached hydrogen (secondary N) is 2. The molecule has 0 spiro atoms. The van der Waals surface area contributed by atoms with Crippen molar-refractivity contribution in [1.82, 2.24) is 10.6 Å². The van der Waals surface area contributed by atoms with Gasteiger partial charge in [0.05, 0.1) is 7.11 Å². The average Bonchev–Trinajstić information content (AvgIpc) is 2.48. The maximum Gasteiger partial charge on any atom is 0.223 e. The smallest absolute Gasteiger partial charge is 0.223 e. The number of carbonyl (C=O) groups excluding carboxylic acids is 1. The Kier molecular flexibility index (Phi) is 5.35. The predicted molar refractivity (Wildman–Crippen MR) is 75.3 cm³/mol. The predicted octanol–water partition coefficient (Wildman–Crippen LogP) is 1.49. The fourth-order valence-corrected chi connectivity index (χ4v) is 2.42. The molecule has 0 bridgehead atoms. The first-order valence-electron chi connectivity index (χ1n) is 7.01. The van der Waals surface area contributed by atoms with E-state index in [1.807, 2.05) is 6.07 Å². The topological polar surface area (TPSA) is 50.4 Å². The molecule has 1 heterocycles. The van der Waals surface area contributed by atoms with E-state index in [9.17, 15) is 9.18 Å². The third-order valence-corrected chi connectivity index (χ3v) is 3.64. The fraction of sp³-hybridized carbons (Fsp3) is 0.533. The quantitative estimate of drug-likeness (QED) is 0.859. The van der Waals surface area contributed by atoms with Gasteiger partial charge in [-0.3, -0.25) is 4.79 Å². The monoisotopic (exact) mass is 280 g/mol. The molecule has 1 saturated heterocycles. The number of piperidine rings is 1. The molecule has 1 aliphatic rings. The van der Waals surface area contributed by atoms with Crippen molar-refractivity contribution in [3.05, 3.63) is 29.6 Å². The Balaban J connectivity index is 1.77. The van der Waals surface area contributed by atoms with Crippen LogP contribution in [0.2, 0.25) is 0 Å². The molecule has 1 aromatic carbocycles. The SMILES string of the molecule is COc1ccc(CCNC(=O)C2CCNCC2)cc1F. The minimum Gasteiger partial charge on any atom is -0.494 e. The van der Waals surface area contributed by atoms with E-state index in [-0.39, 0.29) is 23.4 Å². The van der Waals surface area contributed by atoms with Gasteiger partial charge in [0.2, 0.25) is 5.91 Å². The first-order chi connectivity index (χ1) is 9.70. The van der Waals surface area contributed by atoms with Crippen molar-refractivity contribution in [2.45, 2.75) is 19.3 Å². The van der Waals surface area contributed by atoms with Crippen LogP contribution in [0.25, 0.3) is 0 Å². The van der Waals surface area contributed by atoms with Gasteiger partial charge in [-0.05, 0) is 50.0 Å². The van der Waals surface area contributed by atoms with Crippen molar-refractivity contribution in [1.29, 1.82) is 0 Å². The van der Waals surface area contributed by atoms with Gasteiger partial charge in [0.1, 0.15) is 0 Å². The molecule has 0 atom stereocenters. The van der Waals surface area contributed by atoms with Gasteiger partial charge in [0.25, 0.3) is 0 Å². The van der Waals surface area contributed by atoms with Crippen molar-refractivity contribution in [2.24, 2.45) is 5.92 Å². The highest BCUT2D eigenvalue weighted by atomic mass is 19.1. The summed E-state index contributed by atoms with van der Waals surface area (Å²) in [6.07, 6.45) is 2.41. The van der Waals surface area contributed by atoms with Gasteiger partial charge >= 0.3 is 0 Å². The van der Waals surface area contributed by atoms with Crippen LogP contribution in [0, 0.1) is 11.7 Å². The minimum absolute atomic E-state index is 0.112. The first-order valence-corrected chi connectivity index (χ1v) is 7.01. The Hall–Kier alpha value is -1.62. The summed E-state index contributed by atoms with van der Waals surface area (Å²) in [7, 11) is 1.44. The largest absolute Gasteiger partial charge is 0.494 e. The van der Waals surface area contributed by atoms with Crippen LogP contribution in [0.4, 0.5) is 4.39 Å². The van der Waals surface area contributed by atoms with Crippen LogP contribution < -0.4 is 15.4 Å². The second kappa shape index (κ2) is 7.24. The lowest BCUT2D eigenvalue weighted by molar-refractivity contribution is -0.125. The van der Waals surface area contributed by atoms with Crippen LogP contribution in [-0.2, 0) is 11.2 Å². The summed E-state index contributed by atoms with van der Waals surface area (Å²) in [6.45, 7) is 2.35. The number of amides is 1. The highest BCUT2D eigenvalue weighted by Crippen LogP contribution is 2.18. The molecule has 20 heavy (non-hydrogen) atoms. The molecule has 1 fully saturated rings. The summed E-state index contributed by atoms with van der Waals surface area (Å²) >= 11 is 0. The van der Waals surface area contributed by atoms with E-state index in [1.54, 1.807) is 6.07 Å². The van der Waals surface area contributed by atoms with Crippen molar-refractivity contribution in [3.63, 3.8) is 0 Å². The minimum atomic E-state index is -0.366. The van der Waals surface area contributed by atoms with E-state index in [1.165, 1.54) is 13.2 Å². The Morgan fingerprint density at radius 1 is 1.45 bits per heavy atom. The standard InChI is InChI=1S/C15H21FN2O2/c1-20-14-3-2-11(10-13(14)16)4-9-18-15(19)12-5-7-17-8-6-12/h2-3,10,12,17H,4-9H2,1H3,(H,18,19). The highest BCUT2D eigenvalue weighted by molar-refractivity contribution is 5.78. The molecule has 0 radical (unpaired) electrons. The normalized spacial score (nSPS) is 15.9. The van der Waals surface area contributed by atoms with Gasteiger partial charge in [-0.2, -0.15) is 0 Å². The van der Waals surface area contributed by atoms with Gasteiger partial charge in [0, 0.05) is 12.5 Å². The van der Waals surface area contributed by atoms with Gasteiger partial charge in [-0.1, -0.05) is 6.07 Å². The van der Waals surface area contributed by atoms with E-state index in [4.69, 9.17) is 4.74 Å². The zero-order valence-corrected chi connectivity index (χ0v) is 11.7. The van der Waals surface area contributed by atoms with Gasteiger partial charge in [0.15, 0.2) is 11.6 Å². The molecule has 2 rings (SSSR count). The zero-order valence-electron chi connectivity index (χ0n) is 11.7. The van der Waals surface area contributed by atoms with Crippen LogP contribution in [0.15, 0.2) is 18.2 Å². The summed E-state index contributed by atoms with van der Waals surface area (Å²) in [5.41, 5.74) is 0.855. The first kappa shape index (κ1) is 14.8. The molecule has 2 N–H and O–H groups in total. The molecule has 0 saturated carbocycles. The Labute approximate surface area is 118 Å². The Bertz CT molecular complexity index is 459. The molecule has 0 aromatic heterocycles. The van der Waals surface area contributed by atoms with Crippen LogP contribution in [0.1, 0.15) is 18.4 Å². The van der Waals surface area contributed by atoms with Crippen LogP contribution in [-0.4, -0.2) is 32.7 Å². The van der Waals surface area contributed by atoms with Crippen LogP contribution >= 0.6 is 0 Å². The number of hydrogen-bond donors (Lipinski definition) is 2. The molecule has 5 heteroatoms. The lowest BCUT2D eigenvalue weighted by atomic mass is 9.97. The summed E-state index contributed by atoms with van der Waals surface area (Å²) in [5, 5.41) is 6.16. The zero-order chi connectivity index (χ0) is 14.4. The molecular formula is C15H21FN2O2. The number of carbonyl (C=O) groups is 1. The molecule has 1 aromatic rings. The Morgan fingerprint density at radius 3 is 2.85 bits per heavy atom. The summed E-state index contributed by atoms with van der Waals surface area (Å²) in [6, 6.07) is 4.88. The molecule has 0 aliphatic carbocycles. The van der Waals surface area contributed by atoms with Crippen molar-refractivity contribution < 1.29 is 13.9 Å². The van der Waals surface area contributed by atoms with Crippen molar-refractivity contribution >= 4 is 5.91 Å². The van der Waals surface area contributed by atoms with Crippen molar-refractivity contribution in [2.75, 3.05) is 26.7 Å². The average molecular weight is 280 g/mol. The maximum absolute atomic E-state index is 13.5. The van der Waals surface area contributed by atoms with E-state index in [0.717, 1.165) is 31.5 Å². The third-order valence-electron chi connectivity index (χ3n) is 3.64. The van der Waals surface area contributed by atoms with Crippen LogP contribution in [0.5, 0.6) is 5.75 Å². The van der Waals surface area contributed by atoms with Gasteiger partial charge < -0.3 is 15.4 Å². The molecule has 1 amide bonds. The number of methoxy groups -OCH3 is 1. The lowest BCUT2D eigenvalue weighted by Crippen LogP contribution is -2.38. The third kappa shape index (κ3) is 3.93. The van der Waals surface area contributed by atoms with Gasteiger partial charge in [-0.15, -0.1) is 0 Å². The number of rotatable bonds is 5. The molecular weight excluding hydrogens is 259 g/mol. The van der Waals surface area contributed by atoms with E-state index >= 15 is 0 Å². The molecule has 1 aliphatic heterocycles. The number of hydrogen-bond acceptors (Lipinski definition) is 3. The van der Waals surface area contributed by atoms with E-state index < -0.39 is 0 Å². The lowest BCUT2D eigenvalue weighted by Gasteiger charge is -2.21. The molecule has 4 nitrogen and oxygen atoms in total. The maximum atomic E-state index is 13.5. The number of ether oxygens (including phenoxy) is 1. The second-order valence-electron chi connectivity index (χ2n) is 5.03. The van der Waals surface area contributed by atoms with Crippen LogP contribution in [0.3, 0.4) is 0 Å². The van der Waals surface area contributed by atoms with Crippen molar-refractivity contribution in [3.8, 4) is 5.75 Å². The molecule has 0 unspecified atom stereocenters. The number of halogens is 1. The second-order valence-corrected chi connectivity index (χ2v) is 5.03. The Morgan fingerprint density at radius 2 is 2.20 bits per heavy atom. The summed E-state index contributed by atoms with van der Waals surface area (Å²) in [5.74, 6) is 0.103. The summed E-state index contributed by atoms with van der Waals surface area (Å²) < 4.78 is 18.4. The summed E-state index contributed by atoms with van der Waals surface area (Å²) in [4.78, 5) is 11.9.